The van der Waals surface area contributed by atoms with Crippen molar-refractivity contribution in [3.63, 3.8) is 0 Å². The van der Waals surface area contributed by atoms with Gasteiger partial charge in [-0.15, -0.1) is 0 Å². The number of halogens is 1. The molecule has 1 fully saturated rings. The van der Waals surface area contributed by atoms with Crippen LogP contribution < -0.4 is 0 Å². The summed E-state index contributed by atoms with van der Waals surface area (Å²) in [7, 11) is 0. The lowest BCUT2D eigenvalue weighted by molar-refractivity contribution is 0.0197. The molecule has 0 aliphatic carbocycles. The average Bonchev–Trinajstić information content (AvgIpc) is 2.37. The summed E-state index contributed by atoms with van der Waals surface area (Å²) in [5.74, 6) is 0.191. The van der Waals surface area contributed by atoms with E-state index in [1.165, 1.54) is 6.33 Å². The fourth-order valence-corrected chi connectivity index (χ4v) is 2.44. The van der Waals surface area contributed by atoms with Crippen LogP contribution in [0.3, 0.4) is 0 Å². The number of hydrogen-bond donors (Lipinski definition) is 0. The molecule has 1 atom stereocenters. The lowest BCUT2D eigenvalue weighted by Gasteiger charge is -2.33. The Hall–Kier alpha value is -1.36. The third kappa shape index (κ3) is 4.07. The lowest BCUT2D eigenvalue weighted by Crippen LogP contribution is -2.42. The number of piperidine rings is 1. The molecular weight excluding hydrogens is 278 g/mol. The van der Waals surface area contributed by atoms with Crippen molar-refractivity contribution in [3.8, 4) is 0 Å². The molecule has 2 rings (SSSR count). The van der Waals surface area contributed by atoms with E-state index in [1.54, 1.807) is 11.0 Å². The van der Waals surface area contributed by atoms with Crippen LogP contribution >= 0.6 is 11.6 Å². The van der Waals surface area contributed by atoms with E-state index in [-0.39, 0.29) is 12.0 Å². The minimum Gasteiger partial charge on any atom is -0.444 e. The Morgan fingerprint density at radius 3 is 2.85 bits per heavy atom. The summed E-state index contributed by atoms with van der Waals surface area (Å²) < 4.78 is 5.41. The minimum absolute atomic E-state index is 0.191. The molecule has 0 saturated carbocycles. The van der Waals surface area contributed by atoms with Crippen LogP contribution in [0.4, 0.5) is 4.79 Å². The molecule has 2 heterocycles. The zero-order chi connectivity index (χ0) is 14.8. The monoisotopic (exact) mass is 297 g/mol. The molecule has 20 heavy (non-hydrogen) atoms. The molecule has 1 aromatic rings. The van der Waals surface area contributed by atoms with Gasteiger partial charge < -0.3 is 9.64 Å². The average molecular weight is 298 g/mol. The molecule has 1 aromatic heterocycles. The highest BCUT2D eigenvalue weighted by Crippen LogP contribution is 2.27. The highest BCUT2D eigenvalue weighted by Gasteiger charge is 2.28. The fourth-order valence-electron chi connectivity index (χ4n) is 2.28. The second kappa shape index (κ2) is 5.95. The van der Waals surface area contributed by atoms with Crippen LogP contribution in [-0.4, -0.2) is 39.7 Å². The van der Waals surface area contributed by atoms with Gasteiger partial charge in [0.05, 0.1) is 5.69 Å². The Balaban J connectivity index is 2.03. The van der Waals surface area contributed by atoms with E-state index in [2.05, 4.69) is 9.97 Å². The Kier molecular flexibility index (Phi) is 4.48. The summed E-state index contributed by atoms with van der Waals surface area (Å²) in [5.41, 5.74) is 0.417. The number of hydrogen-bond acceptors (Lipinski definition) is 4. The maximum atomic E-state index is 12.1. The number of likely N-dealkylation sites (tertiary alicyclic amines) is 1. The van der Waals surface area contributed by atoms with Crippen molar-refractivity contribution >= 4 is 17.7 Å². The van der Waals surface area contributed by atoms with Crippen molar-refractivity contribution in [2.24, 2.45) is 0 Å². The number of carbonyl (C=O) groups is 1. The van der Waals surface area contributed by atoms with Crippen molar-refractivity contribution in [3.05, 3.63) is 23.2 Å². The summed E-state index contributed by atoms with van der Waals surface area (Å²) in [6, 6.07) is 1.77. The van der Waals surface area contributed by atoms with Gasteiger partial charge in [0.25, 0.3) is 0 Å². The van der Waals surface area contributed by atoms with E-state index < -0.39 is 5.60 Å². The van der Waals surface area contributed by atoms with Crippen molar-refractivity contribution in [2.45, 2.75) is 45.1 Å². The van der Waals surface area contributed by atoms with E-state index in [4.69, 9.17) is 16.3 Å². The van der Waals surface area contributed by atoms with Crippen LogP contribution in [-0.2, 0) is 4.74 Å². The third-order valence-corrected chi connectivity index (χ3v) is 3.35. The summed E-state index contributed by atoms with van der Waals surface area (Å²) in [6.07, 6.45) is 3.13. The maximum absolute atomic E-state index is 12.1. The van der Waals surface area contributed by atoms with Gasteiger partial charge in [0.15, 0.2) is 0 Å². The van der Waals surface area contributed by atoms with Crippen molar-refractivity contribution in [2.75, 3.05) is 13.1 Å². The zero-order valence-electron chi connectivity index (χ0n) is 12.1. The van der Waals surface area contributed by atoms with Gasteiger partial charge in [-0.2, -0.15) is 0 Å². The van der Waals surface area contributed by atoms with Gasteiger partial charge in [0, 0.05) is 19.0 Å². The van der Waals surface area contributed by atoms with Gasteiger partial charge in [-0.1, -0.05) is 11.6 Å². The van der Waals surface area contributed by atoms with Gasteiger partial charge in [0.2, 0.25) is 0 Å². The Labute approximate surface area is 124 Å². The smallest absolute Gasteiger partial charge is 0.410 e. The standard InChI is InChI=1S/C14H20ClN3O2/c1-14(2,3)20-13(19)18-6-4-5-10(8-18)11-7-12(15)17-9-16-11/h7,9-10H,4-6,8H2,1-3H3/t10-/m1/s1. The molecule has 110 valence electrons. The molecule has 0 unspecified atom stereocenters. The molecule has 1 saturated heterocycles. The van der Waals surface area contributed by atoms with Gasteiger partial charge >= 0.3 is 6.09 Å². The van der Waals surface area contributed by atoms with E-state index in [1.807, 2.05) is 20.8 Å². The third-order valence-electron chi connectivity index (χ3n) is 3.15. The molecule has 0 N–H and O–H groups in total. The van der Waals surface area contributed by atoms with E-state index in [9.17, 15) is 4.79 Å². The van der Waals surface area contributed by atoms with Crippen molar-refractivity contribution in [1.29, 1.82) is 0 Å². The predicted molar refractivity (Wildman–Crippen MR) is 76.8 cm³/mol. The van der Waals surface area contributed by atoms with Gasteiger partial charge in [-0.3, -0.25) is 0 Å². The quantitative estimate of drug-likeness (QED) is 0.747. The summed E-state index contributed by atoms with van der Waals surface area (Å²) >= 11 is 5.89. The first-order valence-corrected chi connectivity index (χ1v) is 7.18. The molecule has 5 nitrogen and oxygen atoms in total. The highest BCUT2D eigenvalue weighted by molar-refractivity contribution is 6.29. The first kappa shape index (κ1) is 15.0. The molecule has 0 spiro atoms. The minimum atomic E-state index is -0.470. The largest absolute Gasteiger partial charge is 0.444 e. The van der Waals surface area contributed by atoms with E-state index >= 15 is 0 Å². The second-order valence-electron chi connectivity index (χ2n) is 6.03. The van der Waals surface area contributed by atoms with Gasteiger partial charge in [-0.05, 0) is 39.7 Å². The number of aromatic nitrogens is 2. The maximum Gasteiger partial charge on any atom is 0.410 e. The SMILES string of the molecule is CC(C)(C)OC(=O)N1CCC[C@@H](c2cc(Cl)ncn2)C1. The number of carbonyl (C=O) groups excluding carboxylic acids is 1. The Bertz CT molecular complexity index is 488. The second-order valence-corrected chi connectivity index (χ2v) is 6.42. The molecule has 1 aliphatic heterocycles. The lowest BCUT2D eigenvalue weighted by atomic mass is 9.95. The Morgan fingerprint density at radius 2 is 2.20 bits per heavy atom. The highest BCUT2D eigenvalue weighted by atomic mass is 35.5. The van der Waals surface area contributed by atoms with Crippen molar-refractivity contribution in [1.82, 2.24) is 14.9 Å². The van der Waals surface area contributed by atoms with Gasteiger partial charge in [0.1, 0.15) is 17.1 Å². The summed E-state index contributed by atoms with van der Waals surface area (Å²) in [6.45, 7) is 6.95. The number of ether oxygens (including phenoxy) is 1. The number of rotatable bonds is 1. The molecule has 1 aliphatic rings. The molecule has 6 heteroatoms. The first-order chi connectivity index (χ1) is 9.35. The van der Waals surface area contributed by atoms with Crippen LogP contribution in [0.1, 0.15) is 45.2 Å². The number of amides is 1. The zero-order valence-corrected chi connectivity index (χ0v) is 12.9. The van der Waals surface area contributed by atoms with Crippen molar-refractivity contribution < 1.29 is 9.53 Å². The normalized spacial score (nSPS) is 19.8. The molecule has 0 radical (unpaired) electrons. The molecule has 0 bridgehead atoms. The fraction of sp³-hybridized carbons (Fsp3) is 0.643. The van der Waals surface area contributed by atoms with Crippen LogP contribution in [0.2, 0.25) is 5.15 Å². The number of nitrogens with zero attached hydrogens (tertiary/aromatic N) is 3. The first-order valence-electron chi connectivity index (χ1n) is 6.80. The van der Waals surface area contributed by atoms with E-state index in [0.29, 0.717) is 11.7 Å². The molecular formula is C14H20ClN3O2. The topological polar surface area (TPSA) is 55.3 Å². The predicted octanol–water partition coefficient (Wildman–Crippen LogP) is 3.24. The molecule has 1 amide bonds. The van der Waals surface area contributed by atoms with Crippen LogP contribution in [0.15, 0.2) is 12.4 Å². The van der Waals surface area contributed by atoms with Crippen LogP contribution in [0.25, 0.3) is 0 Å². The van der Waals surface area contributed by atoms with Crippen LogP contribution in [0.5, 0.6) is 0 Å². The summed E-state index contributed by atoms with van der Waals surface area (Å²) in [5, 5.41) is 0.435. The van der Waals surface area contributed by atoms with Gasteiger partial charge in [-0.25, -0.2) is 14.8 Å². The van der Waals surface area contributed by atoms with Crippen LogP contribution in [0, 0.1) is 0 Å². The Morgan fingerprint density at radius 1 is 1.45 bits per heavy atom. The van der Waals surface area contributed by atoms with E-state index in [0.717, 1.165) is 25.1 Å². The molecule has 0 aromatic carbocycles. The summed E-state index contributed by atoms with van der Waals surface area (Å²) in [4.78, 5) is 22.0.